The Kier molecular flexibility index (Phi) is 9.52. The summed E-state index contributed by atoms with van der Waals surface area (Å²) < 4.78 is 7.73. The largest absolute Gasteiger partial charge is 0.492 e. The molecular formula is C20H31IN6O. The molecule has 1 heterocycles. The van der Waals surface area contributed by atoms with Crippen molar-refractivity contribution in [3.05, 3.63) is 42.0 Å². The lowest BCUT2D eigenvalue weighted by Crippen LogP contribution is -2.45. The average Bonchev–Trinajstić information content (AvgIpc) is 3.03. The molecule has 0 bridgehead atoms. The number of aromatic nitrogens is 3. The van der Waals surface area contributed by atoms with Crippen molar-refractivity contribution in [2.24, 2.45) is 12.0 Å². The normalized spacial score (nSPS) is 15.0. The van der Waals surface area contributed by atoms with E-state index in [0.717, 1.165) is 23.4 Å². The molecule has 0 aliphatic heterocycles. The van der Waals surface area contributed by atoms with E-state index in [2.05, 4.69) is 20.8 Å². The van der Waals surface area contributed by atoms with Gasteiger partial charge in [0.15, 0.2) is 11.8 Å². The summed E-state index contributed by atoms with van der Waals surface area (Å²) in [4.78, 5) is 4.72. The van der Waals surface area contributed by atoms with Crippen molar-refractivity contribution in [3.8, 4) is 5.75 Å². The number of ether oxygens (including phenoxy) is 1. The van der Waals surface area contributed by atoms with Crippen LogP contribution < -0.4 is 15.4 Å². The minimum absolute atomic E-state index is 0. The number of guanidine groups is 1. The zero-order chi connectivity index (χ0) is 18.9. The molecule has 1 aliphatic carbocycles. The third-order valence-corrected chi connectivity index (χ3v) is 4.91. The third kappa shape index (κ3) is 6.96. The van der Waals surface area contributed by atoms with Crippen molar-refractivity contribution in [3.63, 3.8) is 0 Å². The maximum absolute atomic E-state index is 5.76. The van der Waals surface area contributed by atoms with E-state index >= 15 is 0 Å². The lowest BCUT2D eigenvalue weighted by Gasteiger charge is -2.25. The number of hydrogen-bond donors (Lipinski definition) is 2. The lowest BCUT2D eigenvalue weighted by atomic mass is 9.96. The molecule has 1 aromatic carbocycles. The van der Waals surface area contributed by atoms with Gasteiger partial charge in [-0.3, -0.25) is 0 Å². The van der Waals surface area contributed by atoms with Crippen LogP contribution in [0.4, 0.5) is 0 Å². The maximum Gasteiger partial charge on any atom is 0.192 e. The Morgan fingerprint density at radius 1 is 1.18 bits per heavy atom. The van der Waals surface area contributed by atoms with Gasteiger partial charge < -0.3 is 19.9 Å². The number of rotatable bonds is 7. The lowest BCUT2D eigenvalue weighted by molar-refractivity contribution is 0.321. The van der Waals surface area contributed by atoms with E-state index < -0.39 is 0 Å². The summed E-state index contributed by atoms with van der Waals surface area (Å²) in [6.45, 7) is 3.71. The molecule has 0 amide bonds. The molecule has 0 saturated heterocycles. The number of nitrogens with one attached hydrogen (secondary N) is 2. The molecule has 3 rings (SSSR count). The van der Waals surface area contributed by atoms with E-state index in [0.29, 0.717) is 25.7 Å². The van der Waals surface area contributed by atoms with Crippen LogP contribution in [0.15, 0.2) is 35.3 Å². The van der Waals surface area contributed by atoms with Crippen LogP contribution in [0.2, 0.25) is 0 Å². The monoisotopic (exact) mass is 498 g/mol. The van der Waals surface area contributed by atoms with Crippen LogP contribution in [-0.4, -0.2) is 39.9 Å². The first kappa shape index (κ1) is 22.4. The summed E-state index contributed by atoms with van der Waals surface area (Å²) >= 11 is 0. The van der Waals surface area contributed by atoms with Crippen LogP contribution in [0.1, 0.15) is 43.8 Å². The van der Waals surface area contributed by atoms with Gasteiger partial charge in [-0.25, -0.2) is 4.99 Å². The van der Waals surface area contributed by atoms with Gasteiger partial charge in [0.1, 0.15) is 24.7 Å². The highest BCUT2D eigenvalue weighted by atomic mass is 127. The molecule has 0 spiro atoms. The Balaban J connectivity index is 0.00000280. The van der Waals surface area contributed by atoms with Crippen molar-refractivity contribution in [2.75, 3.05) is 13.2 Å². The van der Waals surface area contributed by atoms with E-state index in [4.69, 9.17) is 9.73 Å². The van der Waals surface area contributed by atoms with Gasteiger partial charge in [-0.1, -0.05) is 37.5 Å². The second-order valence-corrected chi connectivity index (χ2v) is 6.95. The number of nitrogens with zero attached hydrogens (tertiary/aromatic N) is 4. The number of hydrogen-bond acceptors (Lipinski definition) is 4. The Morgan fingerprint density at radius 3 is 2.61 bits per heavy atom. The summed E-state index contributed by atoms with van der Waals surface area (Å²) in [6.07, 6.45) is 6.30. The highest BCUT2D eigenvalue weighted by molar-refractivity contribution is 14.0. The molecule has 0 unspecified atom stereocenters. The number of benzene rings is 1. The smallest absolute Gasteiger partial charge is 0.192 e. The number of aliphatic imine (C=N–C) groups is 1. The summed E-state index contributed by atoms with van der Waals surface area (Å²) in [7, 11) is 1.97. The topological polar surface area (TPSA) is 76.4 Å². The molecule has 8 heteroatoms. The van der Waals surface area contributed by atoms with Crippen LogP contribution in [-0.2, 0) is 13.6 Å². The predicted molar refractivity (Wildman–Crippen MR) is 122 cm³/mol. The highest BCUT2D eigenvalue weighted by Crippen LogP contribution is 2.17. The summed E-state index contributed by atoms with van der Waals surface area (Å²) in [5, 5.41) is 15.3. The molecular weight excluding hydrogens is 467 g/mol. The second-order valence-electron chi connectivity index (χ2n) is 6.95. The van der Waals surface area contributed by atoms with Crippen molar-refractivity contribution in [1.29, 1.82) is 0 Å². The van der Waals surface area contributed by atoms with Gasteiger partial charge >= 0.3 is 0 Å². The zero-order valence-electron chi connectivity index (χ0n) is 16.7. The molecule has 28 heavy (non-hydrogen) atoms. The number of aryl methyl sites for hydroxylation is 1. The summed E-state index contributed by atoms with van der Waals surface area (Å²) in [6, 6.07) is 10.4. The number of halogens is 1. The van der Waals surface area contributed by atoms with Gasteiger partial charge in [-0.05, 0) is 31.9 Å². The van der Waals surface area contributed by atoms with Crippen LogP contribution in [0.25, 0.3) is 0 Å². The molecule has 0 radical (unpaired) electrons. The Morgan fingerprint density at radius 2 is 1.93 bits per heavy atom. The second kappa shape index (κ2) is 11.9. The van der Waals surface area contributed by atoms with Crippen molar-refractivity contribution >= 4 is 29.9 Å². The van der Waals surface area contributed by atoms with E-state index in [-0.39, 0.29) is 24.0 Å². The van der Waals surface area contributed by atoms with Crippen molar-refractivity contribution in [1.82, 2.24) is 25.4 Å². The minimum Gasteiger partial charge on any atom is -0.492 e. The Hall–Kier alpha value is -1.84. The van der Waals surface area contributed by atoms with Gasteiger partial charge in [0, 0.05) is 13.1 Å². The van der Waals surface area contributed by atoms with Crippen LogP contribution >= 0.6 is 24.0 Å². The first-order chi connectivity index (χ1) is 13.2. The van der Waals surface area contributed by atoms with Crippen molar-refractivity contribution < 1.29 is 4.74 Å². The van der Waals surface area contributed by atoms with E-state index in [1.54, 1.807) is 0 Å². The quantitative estimate of drug-likeness (QED) is 0.266. The van der Waals surface area contributed by atoms with Crippen LogP contribution in [0, 0.1) is 6.92 Å². The fourth-order valence-corrected chi connectivity index (χ4v) is 3.19. The van der Waals surface area contributed by atoms with E-state index in [9.17, 15) is 0 Å². The average molecular weight is 498 g/mol. The molecule has 1 aromatic heterocycles. The van der Waals surface area contributed by atoms with Gasteiger partial charge in [0.25, 0.3) is 0 Å². The van der Waals surface area contributed by atoms with Gasteiger partial charge in [0.05, 0.1) is 6.54 Å². The molecule has 1 aliphatic rings. The van der Waals surface area contributed by atoms with Gasteiger partial charge in [0.2, 0.25) is 0 Å². The Bertz CT molecular complexity index is 728. The van der Waals surface area contributed by atoms with Gasteiger partial charge in [-0.15, -0.1) is 34.2 Å². The molecule has 154 valence electrons. The zero-order valence-corrected chi connectivity index (χ0v) is 19.1. The maximum atomic E-state index is 5.76. The molecule has 7 nitrogen and oxygen atoms in total. The minimum atomic E-state index is 0. The third-order valence-electron chi connectivity index (χ3n) is 4.91. The summed E-state index contributed by atoms with van der Waals surface area (Å²) in [5.74, 6) is 3.45. The molecule has 2 aromatic rings. The molecule has 0 atom stereocenters. The molecule has 1 saturated carbocycles. The summed E-state index contributed by atoms with van der Waals surface area (Å²) in [5.41, 5.74) is 0. The van der Waals surface area contributed by atoms with E-state index in [1.807, 2.05) is 48.9 Å². The number of para-hydroxylation sites is 1. The van der Waals surface area contributed by atoms with E-state index in [1.165, 1.54) is 32.1 Å². The SMILES string of the molecule is Cc1nnc(CN=C(NCCOc2ccccc2)NC2CCCCC2)n1C.I. The van der Waals surface area contributed by atoms with Gasteiger partial charge in [-0.2, -0.15) is 0 Å². The van der Waals surface area contributed by atoms with Crippen LogP contribution in [0.3, 0.4) is 0 Å². The fourth-order valence-electron chi connectivity index (χ4n) is 3.19. The predicted octanol–water partition coefficient (Wildman–Crippen LogP) is 3.19. The standard InChI is InChI=1S/C20H30N6O.HI/c1-16-24-25-19(26(16)2)15-22-20(23-17-9-5-3-6-10-17)21-13-14-27-18-11-7-4-8-12-18;/h4,7-8,11-12,17H,3,5-6,9-10,13-15H2,1-2H3,(H2,21,22,23);1H. The van der Waals surface area contributed by atoms with Crippen LogP contribution in [0.5, 0.6) is 5.75 Å². The highest BCUT2D eigenvalue weighted by Gasteiger charge is 2.15. The Labute approximate surface area is 184 Å². The first-order valence-corrected chi connectivity index (χ1v) is 9.80. The first-order valence-electron chi connectivity index (χ1n) is 9.80. The van der Waals surface area contributed by atoms with Crippen molar-refractivity contribution in [2.45, 2.75) is 51.6 Å². The fraction of sp³-hybridized carbons (Fsp3) is 0.550. The molecule has 1 fully saturated rings. The molecule has 2 N–H and O–H groups in total.